The molecule has 0 N–H and O–H groups in total. The van der Waals surface area contributed by atoms with Crippen LogP contribution >= 0.6 is 21.6 Å². The van der Waals surface area contributed by atoms with Gasteiger partial charge in [-0.3, -0.25) is 25.2 Å². The summed E-state index contributed by atoms with van der Waals surface area (Å²) in [6.07, 6.45) is 3.94. The van der Waals surface area contributed by atoms with Gasteiger partial charge in [-0.05, 0) is 40.4 Å². The van der Waals surface area contributed by atoms with Crippen LogP contribution in [0.5, 0.6) is 0 Å². The van der Waals surface area contributed by atoms with Crippen molar-refractivity contribution in [3.8, 4) is 0 Å². The second kappa shape index (κ2) is 8.17. The van der Waals surface area contributed by atoms with E-state index >= 15 is 0 Å². The lowest BCUT2D eigenvalue weighted by Crippen LogP contribution is -1.92. The van der Waals surface area contributed by atoms with Crippen LogP contribution in [0.25, 0.3) is 0 Å². The second-order valence-corrected chi connectivity index (χ2v) is 5.68. The second-order valence-electron chi connectivity index (χ2n) is 3.51. The van der Waals surface area contributed by atoms with Gasteiger partial charge < -0.3 is 0 Å². The lowest BCUT2D eigenvalue weighted by Gasteiger charge is -1.99. The van der Waals surface area contributed by atoms with E-state index in [0.717, 1.165) is 6.20 Å². The van der Waals surface area contributed by atoms with Crippen LogP contribution < -0.4 is 0 Å². The third-order valence-corrected chi connectivity index (χ3v) is 4.26. The lowest BCUT2D eigenvalue weighted by molar-refractivity contribution is -0.424. The average Bonchev–Trinajstić information content (AvgIpc) is 2.47. The minimum absolute atomic E-state index is 0.0183. The number of hydrogen-bond donors (Lipinski definition) is 0. The maximum atomic E-state index is 10.5. The van der Waals surface area contributed by atoms with Crippen molar-refractivity contribution in [2.75, 3.05) is 0 Å². The van der Waals surface area contributed by atoms with Crippen molar-refractivity contribution < 1.29 is 9.85 Å². The fraction of sp³-hybridized carbons (Fsp3) is 0.0909. The summed E-state index contributed by atoms with van der Waals surface area (Å²) in [6, 6.07) is 2.85. The molecule has 0 amide bonds. The molecule has 10 heteroatoms. The highest BCUT2D eigenvalue weighted by Crippen LogP contribution is 2.36. The molecule has 0 fully saturated rings. The standard InChI is InChI=1S/C11H10N4O4S2/c1-8(14(16)17)3-5-10(12-2)20-21-11-6-4-9(7-13-11)15(18)19/h3-7H,2H2,1H3/b8-3+,10-5+. The molecule has 0 aliphatic heterocycles. The molecule has 1 rings (SSSR count). The monoisotopic (exact) mass is 326 g/mol. The van der Waals surface area contributed by atoms with Crippen LogP contribution in [-0.4, -0.2) is 21.5 Å². The molecule has 0 saturated carbocycles. The normalized spacial score (nSPS) is 12.0. The van der Waals surface area contributed by atoms with Gasteiger partial charge in [-0.15, -0.1) is 0 Å². The number of allylic oxidation sites excluding steroid dienone is 3. The molecule has 0 aliphatic rings. The van der Waals surface area contributed by atoms with Gasteiger partial charge in [0.25, 0.3) is 5.69 Å². The summed E-state index contributed by atoms with van der Waals surface area (Å²) in [6.45, 7) is 4.74. The van der Waals surface area contributed by atoms with Gasteiger partial charge in [0.1, 0.15) is 16.3 Å². The predicted molar refractivity (Wildman–Crippen MR) is 82.7 cm³/mol. The van der Waals surface area contributed by atoms with Crippen LogP contribution in [0.15, 0.2) is 51.2 Å². The molecule has 1 aromatic heterocycles. The molecule has 8 nitrogen and oxygen atoms in total. The van der Waals surface area contributed by atoms with E-state index in [0.29, 0.717) is 10.1 Å². The molecular weight excluding hydrogens is 316 g/mol. The van der Waals surface area contributed by atoms with Gasteiger partial charge in [-0.2, -0.15) is 0 Å². The molecule has 1 aromatic rings. The summed E-state index contributed by atoms with van der Waals surface area (Å²) in [5.41, 5.74) is -0.110. The number of rotatable bonds is 7. The molecule has 110 valence electrons. The van der Waals surface area contributed by atoms with Crippen molar-refractivity contribution in [1.29, 1.82) is 0 Å². The number of hydrogen-bond acceptors (Lipinski definition) is 8. The summed E-state index contributed by atoms with van der Waals surface area (Å²) in [5.74, 6) is 0. The third-order valence-electron chi connectivity index (χ3n) is 2.05. The lowest BCUT2D eigenvalue weighted by atomic mass is 10.4. The number of aromatic nitrogens is 1. The first-order valence-corrected chi connectivity index (χ1v) is 7.53. The van der Waals surface area contributed by atoms with Crippen LogP contribution in [0.1, 0.15) is 6.92 Å². The van der Waals surface area contributed by atoms with Crippen LogP contribution in [0.2, 0.25) is 0 Å². The third kappa shape index (κ3) is 5.75. The van der Waals surface area contributed by atoms with Crippen LogP contribution in [0.3, 0.4) is 0 Å². The van der Waals surface area contributed by atoms with E-state index < -0.39 is 9.85 Å². The Morgan fingerprint density at radius 3 is 2.57 bits per heavy atom. The van der Waals surface area contributed by atoms with E-state index in [-0.39, 0.29) is 11.4 Å². The molecule has 1 heterocycles. The summed E-state index contributed by atoms with van der Waals surface area (Å²) < 4.78 is 0. The SMILES string of the molecule is C=N/C(=C\C=C(/C)[N+](=O)[O-])SSc1ccc([N+](=O)[O-])cn1. The van der Waals surface area contributed by atoms with Gasteiger partial charge in [-0.1, -0.05) is 0 Å². The summed E-state index contributed by atoms with van der Waals surface area (Å²) >= 11 is 0. The van der Waals surface area contributed by atoms with E-state index in [9.17, 15) is 20.2 Å². The van der Waals surface area contributed by atoms with Gasteiger partial charge >= 0.3 is 0 Å². The Labute approximate surface area is 127 Å². The van der Waals surface area contributed by atoms with Gasteiger partial charge in [0.2, 0.25) is 5.70 Å². The van der Waals surface area contributed by atoms with Crippen LogP contribution in [0.4, 0.5) is 5.69 Å². The van der Waals surface area contributed by atoms with Gasteiger partial charge in [-0.25, -0.2) is 4.98 Å². The van der Waals surface area contributed by atoms with Crippen molar-refractivity contribution >= 4 is 34.0 Å². The fourth-order valence-corrected chi connectivity index (χ4v) is 2.67. The van der Waals surface area contributed by atoms with Crippen molar-refractivity contribution in [1.82, 2.24) is 4.98 Å². The molecule has 21 heavy (non-hydrogen) atoms. The van der Waals surface area contributed by atoms with E-state index in [2.05, 4.69) is 16.7 Å². The molecule has 0 unspecified atom stereocenters. The van der Waals surface area contributed by atoms with E-state index in [4.69, 9.17) is 0 Å². The zero-order valence-corrected chi connectivity index (χ0v) is 12.5. The highest BCUT2D eigenvalue weighted by Gasteiger charge is 2.07. The molecule has 0 bridgehead atoms. The Morgan fingerprint density at radius 1 is 1.38 bits per heavy atom. The Kier molecular flexibility index (Phi) is 6.56. The minimum atomic E-state index is -0.531. The van der Waals surface area contributed by atoms with E-state index in [1.807, 2.05) is 0 Å². The predicted octanol–water partition coefficient (Wildman–Crippen LogP) is 3.45. The first-order valence-electron chi connectivity index (χ1n) is 5.38. The van der Waals surface area contributed by atoms with Gasteiger partial charge in [0.15, 0.2) is 0 Å². The molecule has 0 spiro atoms. The number of pyridine rings is 1. The maximum absolute atomic E-state index is 10.5. The Balaban J connectivity index is 2.69. The Hall–Kier alpha value is -2.20. The summed E-state index contributed by atoms with van der Waals surface area (Å²) in [4.78, 5) is 27.5. The minimum Gasteiger partial charge on any atom is -0.259 e. The average molecular weight is 326 g/mol. The van der Waals surface area contributed by atoms with Crippen molar-refractivity contribution in [2.24, 2.45) is 4.99 Å². The zero-order valence-electron chi connectivity index (χ0n) is 10.8. The van der Waals surface area contributed by atoms with E-state index in [1.54, 1.807) is 0 Å². The van der Waals surface area contributed by atoms with Crippen molar-refractivity contribution in [2.45, 2.75) is 11.9 Å². The molecule has 0 atom stereocenters. The van der Waals surface area contributed by atoms with E-state index in [1.165, 1.54) is 52.8 Å². The Morgan fingerprint density at radius 2 is 2.10 bits per heavy atom. The molecule has 0 saturated heterocycles. The molecule has 0 aromatic carbocycles. The van der Waals surface area contributed by atoms with Gasteiger partial charge in [0.05, 0.1) is 9.85 Å². The van der Waals surface area contributed by atoms with Crippen molar-refractivity contribution in [3.05, 3.63) is 61.4 Å². The zero-order chi connectivity index (χ0) is 15.8. The highest BCUT2D eigenvalue weighted by atomic mass is 33.1. The quantitative estimate of drug-likeness (QED) is 0.248. The number of aliphatic imine (C=N–C) groups is 1. The van der Waals surface area contributed by atoms with Gasteiger partial charge in [0, 0.05) is 19.1 Å². The van der Waals surface area contributed by atoms with Crippen LogP contribution in [-0.2, 0) is 0 Å². The summed E-state index contributed by atoms with van der Waals surface area (Å²) in [5, 5.41) is 22.0. The first-order chi connectivity index (χ1) is 9.93. The highest BCUT2D eigenvalue weighted by molar-refractivity contribution is 8.78. The molecular formula is C11H10N4O4S2. The number of nitrogens with zero attached hydrogens (tertiary/aromatic N) is 4. The molecule has 0 aliphatic carbocycles. The Bertz CT molecular complexity index is 613. The summed E-state index contributed by atoms with van der Waals surface area (Å²) in [7, 11) is 2.41. The smallest absolute Gasteiger partial charge is 0.259 e. The first kappa shape index (κ1) is 16.9. The topological polar surface area (TPSA) is 112 Å². The largest absolute Gasteiger partial charge is 0.287 e. The number of nitro groups is 2. The van der Waals surface area contributed by atoms with Crippen molar-refractivity contribution in [3.63, 3.8) is 0 Å². The molecule has 0 radical (unpaired) electrons. The maximum Gasteiger partial charge on any atom is 0.287 e. The van der Waals surface area contributed by atoms with Crippen LogP contribution in [0, 0.1) is 20.2 Å². The fourth-order valence-electron chi connectivity index (χ4n) is 0.975.